The van der Waals surface area contributed by atoms with Gasteiger partial charge in [0.2, 0.25) is 0 Å². The van der Waals surface area contributed by atoms with Gasteiger partial charge < -0.3 is 5.73 Å². The third-order valence-electron chi connectivity index (χ3n) is 2.02. The second-order valence-electron chi connectivity index (χ2n) is 2.95. The van der Waals surface area contributed by atoms with Crippen molar-refractivity contribution in [3.05, 3.63) is 30.2 Å². The maximum Gasteiger partial charge on any atom is 0.104 e. The fraction of sp³-hybridized carbons (Fsp3) is 0.222. The SMILES string of the molecule is Cn1nnc(CN)c1-c1cccnc1. The molecule has 2 rings (SSSR count). The lowest BCUT2D eigenvalue weighted by Crippen LogP contribution is -2.00. The van der Waals surface area contributed by atoms with Crippen LogP contribution < -0.4 is 5.73 Å². The number of hydrogen-bond donors (Lipinski definition) is 1. The van der Waals surface area contributed by atoms with Crippen LogP contribution in [0, 0.1) is 0 Å². The van der Waals surface area contributed by atoms with Crippen LogP contribution in [0.15, 0.2) is 24.5 Å². The second-order valence-corrected chi connectivity index (χ2v) is 2.95. The van der Waals surface area contributed by atoms with Crippen LogP contribution in [0.2, 0.25) is 0 Å². The quantitative estimate of drug-likeness (QED) is 0.739. The number of nitrogens with two attached hydrogens (primary N) is 1. The standard InChI is InChI=1S/C9H11N5/c1-14-9(8(5-10)12-13-14)7-3-2-4-11-6-7/h2-4,6H,5,10H2,1H3. The van der Waals surface area contributed by atoms with Crippen LogP contribution in [0.3, 0.4) is 0 Å². The fourth-order valence-electron chi connectivity index (χ4n) is 1.39. The van der Waals surface area contributed by atoms with Crippen molar-refractivity contribution in [1.82, 2.24) is 20.0 Å². The van der Waals surface area contributed by atoms with Crippen molar-refractivity contribution < 1.29 is 0 Å². The van der Waals surface area contributed by atoms with Crippen LogP contribution in [-0.2, 0) is 13.6 Å². The molecular formula is C9H11N5. The Hall–Kier alpha value is -1.75. The van der Waals surface area contributed by atoms with E-state index in [9.17, 15) is 0 Å². The summed E-state index contributed by atoms with van der Waals surface area (Å²) in [5.41, 5.74) is 8.27. The first kappa shape index (κ1) is 8.83. The van der Waals surface area contributed by atoms with E-state index in [0.29, 0.717) is 6.54 Å². The van der Waals surface area contributed by atoms with Gasteiger partial charge in [-0.3, -0.25) is 4.98 Å². The van der Waals surface area contributed by atoms with Crippen LogP contribution in [-0.4, -0.2) is 20.0 Å². The van der Waals surface area contributed by atoms with Gasteiger partial charge in [0.05, 0.1) is 5.69 Å². The van der Waals surface area contributed by atoms with E-state index < -0.39 is 0 Å². The highest BCUT2D eigenvalue weighted by Gasteiger charge is 2.10. The molecule has 72 valence electrons. The fourth-order valence-corrected chi connectivity index (χ4v) is 1.39. The zero-order valence-electron chi connectivity index (χ0n) is 7.88. The highest BCUT2D eigenvalue weighted by atomic mass is 15.4. The molecule has 2 heterocycles. The van der Waals surface area contributed by atoms with Crippen molar-refractivity contribution in [2.75, 3.05) is 0 Å². The Balaban J connectivity index is 2.55. The number of aromatic nitrogens is 4. The van der Waals surface area contributed by atoms with Gasteiger partial charge in [-0.15, -0.1) is 5.10 Å². The Bertz CT molecular complexity index is 420. The summed E-state index contributed by atoms with van der Waals surface area (Å²) >= 11 is 0. The highest BCUT2D eigenvalue weighted by molar-refractivity contribution is 5.60. The number of hydrogen-bond acceptors (Lipinski definition) is 4. The molecule has 2 N–H and O–H groups in total. The Morgan fingerprint density at radius 2 is 2.36 bits per heavy atom. The lowest BCUT2D eigenvalue weighted by atomic mass is 10.1. The average Bonchev–Trinajstić information content (AvgIpc) is 2.61. The largest absolute Gasteiger partial charge is 0.325 e. The first-order valence-corrected chi connectivity index (χ1v) is 4.32. The van der Waals surface area contributed by atoms with Crippen LogP contribution in [0.4, 0.5) is 0 Å². The van der Waals surface area contributed by atoms with Crippen molar-refractivity contribution in [1.29, 1.82) is 0 Å². The van der Waals surface area contributed by atoms with Gasteiger partial charge in [-0.05, 0) is 12.1 Å². The molecule has 0 unspecified atom stereocenters. The molecule has 0 spiro atoms. The van der Waals surface area contributed by atoms with E-state index in [1.807, 2.05) is 19.2 Å². The Labute approximate surface area is 81.6 Å². The van der Waals surface area contributed by atoms with E-state index in [1.54, 1.807) is 17.1 Å². The maximum absolute atomic E-state index is 5.57. The summed E-state index contributed by atoms with van der Waals surface area (Å²) in [6.45, 7) is 0.387. The minimum Gasteiger partial charge on any atom is -0.325 e. The van der Waals surface area contributed by atoms with Crippen LogP contribution in [0.5, 0.6) is 0 Å². The summed E-state index contributed by atoms with van der Waals surface area (Å²) in [5, 5.41) is 7.89. The van der Waals surface area contributed by atoms with Gasteiger partial charge in [-0.2, -0.15) is 0 Å². The second kappa shape index (κ2) is 3.55. The molecule has 0 aliphatic heterocycles. The Morgan fingerprint density at radius 3 is 3.00 bits per heavy atom. The highest BCUT2D eigenvalue weighted by Crippen LogP contribution is 2.19. The number of pyridine rings is 1. The molecule has 5 nitrogen and oxygen atoms in total. The Morgan fingerprint density at radius 1 is 1.50 bits per heavy atom. The summed E-state index contributed by atoms with van der Waals surface area (Å²) in [7, 11) is 1.84. The van der Waals surface area contributed by atoms with Gasteiger partial charge in [0.15, 0.2) is 0 Å². The van der Waals surface area contributed by atoms with E-state index in [2.05, 4.69) is 15.3 Å². The van der Waals surface area contributed by atoms with Crippen LogP contribution >= 0.6 is 0 Å². The zero-order valence-corrected chi connectivity index (χ0v) is 7.88. The van der Waals surface area contributed by atoms with E-state index in [0.717, 1.165) is 17.0 Å². The summed E-state index contributed by atoms with van der Waals surface area (Å²) in [6, 6.07) is 3.84. The van der Waals surface area contributed by atoms with Crippen molar-refractivity contribution in [2.24, 2.45) is 12.8 Å². The van der Waals surface area contributed by atoms with Gasteiger partial charge in [0, 0.05) is 31.5 Å². The molecule has 2 aromatic heterocycles. The Kier molecular flexibility index (Phi) is 2.24. The van der Waals surface area contributed by atoms with E-state index in [-0.39, 0.29) is 0 Å². The van der Waals surface area contributed by atoms with Crippen molar-refractivity contribution in [3.8, 4) is 11.3 Å². The van der Waals surface area contributed by atoms with E-state index in [4.69, 9.17) is 5.73 Å². The molecule has 0 bridgehead atoms. The van der Waals surface area contributed by atoms with Gasteiger partial charge in [-0.25, -0.2) is 4.68 Å². The molecule has 0 saturated heterocycles. The first-order chi connectivity index (χ1) is 6.83. The van der Waals surface area contributed by atoms with Crippen molar-refractivity contribution in [3.63, 3.8) is 0 Å². The molecule has 2 aromatic rings. The summed E-state index contributed by atoms with van der Waals surface area (Å²) in [5.74, 6) is 0. The minimum absolute atomic E-state index is 0.387. The molecule has 0 amide bonds. The summed E-state index contributed by atoms with van der Waals surface area (Å²) < 4.78 is 1.71. The molecule has 0 saturated carbocycles. The van der Waals surface area contributed by atoms with Gasteiger partial charge >= 0.3 is 0 Å². The third-order valence-corrected chi connectivity index (χ3v) is 2.02. The number of aryl methyl sites for hydroxylation is 1. The molecule has 0 fully saturated rings. The van der Waals surface area contributed by atoms with E-state index >= 15 is 0 Å². The molecule has 5 heteroatoms. The minimum atomic E-state index is 0.387. The van der Waals surface area contributed by atoms with Crippen molar-refractivity contribution in [2.45, 2.75) is 6.54 Å². The molecule has 0 aliphatic rings. The molecular weight excluding hydrogens is 178 g/mol. The lowest BCUT2D eigenvalue weighted by Gasteiger charge is -2.01. The smallest absolute Gasteiger partial charge is 0.104 e. The first-order valence-electron chi connectivity index (χ1n) is 4.32. The summed E-state index contributed by atoms with van der Waals surface area (Å²) in [6.07, 6.45) is 3.51. The normalized spacial score (nSPS) is 10.4. The monoisotopic (exact) mass is 189 g/mol. The number of rotatable bonds is 2. The van der Waals surface area contributed by atoms with Crippen LogP contribution in [0.1, 0.15) is 5.69 Å². The van der Waals surface area contributed by atoms with E-state index in [1.165, 1.54) is 0 Å². The summed E-state index contributed by atoms with van der Waals surface area (Å²) in [4.78, 5) is 4.05. The predicted molar refractivity (Wildman–Crippen MR) is 52.1 cm³/mol. The van der Waals surface area contributed by atoms with Crippen LogP contribution in [0.25, 0.3) is 11.3 Å². The topological polar surface area (TPSA) is 69.6 Å². The predicted octanol–water partition coefficient (Wildman–Crippen LogP) is 0.336. The van der Waals surface area contributed by atoms with Gasteiger partial charge in [-0.1, -0.05) is 5.21 Å². The molecule has 0 aliphatic carbocycles. The average molecular weight is 189 g/mol. The molecule has 0 aromatic carbocycles. The number of nitrogens with zero attached hydrogens (tertiary/aromatic N) is 4. The van der Waals surface area contributed by atoms with Gasteiger partial charge in [0.1, 0.15) is 5.69 Å². The van der Waals surface area contributed by atoms with Gasteiger partial charge in [0.25, 0.3) is 0 Å². The maximum atomic E-state index is 5.57. The molecule has 0 radical (unpaired) electrons. The zero-order chi connectivity index (χ0) is 9.97. The molecule has 0 atom stereocenters. The lowest BCUT2D eigenvalue weighted by molar-refractivity contribution is 0.718. The molecule has 14 heavy (non-hydrogen) atoms. The third kappa shape index (κ3) is 1.38. The van der Waals surface area contributed by atoms with Crippen molar-refractivity contribution >= 4 is 0 Å².